The first-order chi connectivity index (χ1) is 14.9. The molecular weight excluding hydrogens is 390 g/mol. The molecule has 2 N–H and O–H groups in total. The van der Waals surface area contributed by atoms with Crippen molar-refractivity contribution in [2.24, 2.45) is 17.3 Å². The zero-order valence-corrected chi connectivity index (χ0v) is 20.5. The lowest BCUT2D eigenvalue weighted by molar-refractivity contribution is -0.138. The maximum atomic E-state index is 13.6. The van der Waals surface area contributed by atoms with Gasteiger partial charge in [0.15, 0.2) is 0 Å². The smallest absolute Gasteiger partial charge is 0.242 e. The van der Waals surface area contributed by atoms with E-state index < -0.39 is 6.04 Å². The molecule has 2 fully saturated rings. The molecule has 0 aromatic heterocycles. The number of ether oxygens (including phenoxy) is 1. The molecule has 0 aromatic carbocycles. The molecule has 1 spiro atoms. The zero-order valence-electron chi connectivity index (χ0n) is 20.5. The number of nitrogens with one attached hydrogen (secondary N) is 2. The minimum Gasteiger partial charge on any atom is -0.381 e. The molecule has 0 bridgehead atoms. The van der Waals surface area contributed by atoms with Crippen molar-refractivity contribution in [2.75, 3.05) is 39.4 Å². The van der Waals surface area contributed by atoms with E-state index in [-0.39, 0.29) is 17.2 Å². The van der Waals surface area contributed by atoms with Crippen LogP contribution in [0.15, 0.2) is 0 Å². The quantitative estimate of drug-likeness (QED) is 0.664. The summed E-state index contributed by atoms with van der Waals surface area (Å²) in [6.07, 6.45) is 8.56. The molecule has 0 aliphatic carbocycles. The fraction of sp³-hybridized carbons (Fsp3) is 0.920. The summed E-state index contributed by atoms with van der Waals surface area (Å²) in [5.41, 5.74) is -0.357. The lowest BCUT2D eigenvalue weighted by Gasteiger charge is -2.42. The first kappa shape index (κ1) is 26.1. The van der Waals surface area contributed by atoms with Crippen molar-refractivity contribution in [3.63, 3.8) is 0 Å². The van der Waals surface area contributed by atoms with Gasteiger partial charge in [-0.25, -0.2) is 0 Å². The fourth-order valence-electron chi connectivity index (χ4n) is 4.96. The second-order valence-corrected chi connectivity index (χ2v) is 10.1. The summed E-state index contributed by atoms with van der Waals surface area (Å²) in [6, 6.07) is -0.448. The summed E-state index contributed by atoms with van der Waals surface area (Å²) in [5, 5.41) is 6.19. The Hall–Kier alpha value is -1.14. The number of rotatable bonds is 6. The second kappa shape index (κ2) is 13.4. The van der Waals surface area contributed by atoms with Gasteiger partial charge in [0.1, 0.15) is 6.04 Å². The Morgan fingerprint density at radius 3 is 2.35 bits per heavy atom. The monoisotopic (exact) mass is 437 g/mol. The molecule has 0 unspecified atom stereocenters. The van der Waals surface area contributed by atoms with E-state index >= 15 is 0 Å². The highest BCUT2D eigenvalue weighted by molar-refractivity contribution is 5.90. The molecule has 2 saturated heterocycles. The van der Waals surface area contributed by atoms with E-state index in [0.717, 1.165) is 70.7 Å². The van der Waals surface area contributed by atoms with E-state index in [1.165, 1.54) is 12.8 Å². The van der Waals surface area contributed by atoms with Crippen LogP contribution in [0.5, 0.6) is 0 Å². The summed E-state index contributed by atoms with van der Waals surface area (Å²) in [5.74, 6) is 1.12. The van der Waals surface area contributed by atoms with E-state index in [1.54, 1.807) is 0 Å². The number of carbonyl (C=O) groups is 2. The normalized spacial score (nSPS) is 24.8. The van der Waals surface area contributed by atoms with Gasteiger partial charge in [-0.3, -0.25) is 9.59 Å². The van der Waals surface area contributed by atoms with Gasteiger partial charge in [0.25, 0.3) is 0 Å². The summed E-state index contributed by atoms with van der Waals surface area (Å²) < 4.78 is 5.73. The first-order valence-electron chi connectivity index (χ1n) is 12.8. The highest BCUT2D eigenvalue weighted by Gasteiger charge is 2.42. The van der Waals surface area contributed by atoms with Crippen LogP contribution in [0.2, 0.25) is 0 Å². The summed E-state index contributed by atoms with van der Waals surface area (Å²) >= 11 is 0. The molecule has 6 heteroatoms. The van der Waals surface area contributed by atoms with E-state index in [0.29, 0.717) is 25.5 Å². The van der Waals surface area contributed by atoms with Gasteiger partial charge in [0.05, 0.1) is 5.41 Å². The maximum Gasteiger partial charge on any atom is 0.242 e. The standard InChI is InChI=1S/C25H47N3O3/c1-5-21(6-2)19-28-14-11-25(12-15-28)10-7-8-16-31-17-9-13-26-23(29)22(18-20(3)4)27-24(25)30/h20-22H,5-19H2,1-4H3,(H,26,29)(H,27,30)/t22-/m0/s1. The van der Waals surface area contributed by atoms with E-state index in [2.05, 4.69) is 43.2 Å². The Labute approximate surface area is 190 Å². The third-order valence-electron chi connectivity index (χ3n) is 7.25. The number of carbonyl (C=O) groups excluding carboxylic acids is 2. The Bertz CT molecular complexity index is 540. The van der Waals surface area contributed by atoms with Crippen molar-refractivity contribution in [1.82, 2.24) is 15.5 Å². The topological polar surface area (TPSA) is 70.7 Å². The molecule has 31 heavy (non-hydrogen) atoms. The van der Waals surface area contributed by atoms with Crippen molar-refractivity contribution in [1.29, 1.82) is 0 Å². The summed E-state index contributed by atoms with van der Waals surface area (Å²) in [4.78, 5) is 28.9. The predicted octanol–water partition coefficient (Wildman–Crippen LogP) is 3.74. The van der Waals surface area contributed by atoms with Crippen LogP contribution in [0.1, 0.15) is 85.5 Å². The highest BCUT2D eigenvalue weighted by Crippen LogP contribution is 2.38. The molecular formula is C25H47N3O3. The third kappa shape index (κ3) is 8.38. The fourth-order valence-corrected chi connectivity index (χ4v) is 4.96. The molecule has 2 rings (SSSR count). The maximum absolute atomic E-state index is 13.6. The Balaban J connectivity index is 2.10. The third-order valence-corrected chi connectivity index (χ3v) is 7.25. The predicted molar refractivity (Wildman–Crippen MR) is 126 cm³/mol. The van der Waals surface area contributed by atoms with Crippen LogP contribution in [0.4, 0.5) is 0 Å². The minimum absolute atomic E-state index is 0.0552. The Morgan fingerprint density at radius 1 is 1.03 bits per heavy atom. The van der Waals surface area contributed by atoms with Crippen LogP contribution < -0.4 is 10.6 Å². The van der Waals surface area contributed by atoms with Gasteiger partial charge < -0.3 is 20.3 Å². The average Bonchev–Trinajstić information content (AvgIpc) is 2.75. The van der Waals surface area contributed by atoms with Gasteiger partial charge >= 0.3 is 0 Å². The van der Waals surface area contributed by atoms with Crippen molar-refractivity contribution in [3.05, 3.63) is 0 Å². The van der Waals surface area contributed by atoms with Crippen LogP contribution in [-0.2, 0) is 14.3 Å². The van der Waals surface area contributed by atoms with Crippen molar-refractivity contribution >= 4 is 11.8 Å². The summed E-state index contributed by atoms with van der Waals surface area (Å²) in [6.45, 7) is 13.8. The van der Waals surface area contributed by atoms with Gasteiger partial charge in [-0.1, -0.05) is 47.0 Å². The molecule has 0 saturated carbocycles. The van der Waals surface area contributed by atoms with Crippen LogP contribution in [0, 0.1) is 17.3 Å². The van der Waals surface area contributed by atoms with Gasteiger partial charge in [0.2, 0.25) is 11.8 Å². The Morgan fingerprint density at radius 2 is 1.71 bits per heavy atom. The van der Waals surface area contributed by atoms with Crippen LogP contribution in [0.3, 0.4) is 0 Å². The van der Waals surface area contributed by atoms with Gasteiger partial charge in [0, 0.05) is 26.3 Å². The molecule has 6 nitrogen and oxygen atoms in total. The van der Waals surface area contributed by atoms with Gasteiger partial charge in [-0.2, -0.15) is 0 Å². The number of piperidine rings is 1. The number of amides is 2. The van der Waals surface area contributed by atoms with Crippen LogP contribution in [0.25, 0.3) is 0 Å². The zero-order chi connectivity index (χ0) is 22.7. The number of nitrogens with zero attached hydrogens (tertiary/aromatic N) is 1. The van der Waals surface area contributed by atoms with Gasteiger partial charge in [-0.05, 0) is 63.5 Å². The highest BCUT2D eigenvalue weighted by atomic mass is 16.5. The molecule has 2 aliphatic heterocycles. The minimum atomic E-state index is -0.448. The molecule has 1 atom stereocenters. The first-order valence-corrected chi connectivity index (χ1v) is 12.8. The molecule has 2 heterocycles. The Kier molecular flexibility index (Phi) is 11.3. The second-order valence-electron chi connectivity index (χ2n) is 10.1. The van der Waals surface area contributed by atoms with Crippen molar-refractivity contribution in [3.8, 4) is 0 Å². The molecule has 180 valence electrons. The molecule has 0 radical (unpaired) electrons. The largest absolute Gasteiger partial charge is 0.381 e. The lowest BCUT2D eigenvalue weighted by Crippen LogP contribution is -2.55. The van der Waals surface area contributed by atoms with Crippen LogP contribution >= 0.6 is 0 Å². The van der Waals surface area contributed by atoms with E-state index in [9.17, 15) is 9.59 Å². The van der Waals surface area contributed by atoms with Crippen LogP contribution in [-0.4, -0.2) is 62.1 Å². The summed E-state index contributed by atoms with van der Waals surface area (Å²) in [7, 11) is 0. The number of likely N-dealkylation sites (tertiary alicyclic amines) is 1. The SMILES string of the molecule is CCC(CC)CN1CCC2(CCCCOCCCNC(=O)[C@H](CC(C)C)NC2=O)CC1. The van der Waals surface area contributed by atoms with Crippen molar-refractivity contribution < 1.29 is 14.3 Å². The lowest BCUT2D eigenvalue weighted by atomic mass is 9.73. The van der Waals surface area contributed by atoms with Gasteiger partial charge in [-0.15, -0.1) is 0 Å². The van der Waals surface area contributed by atoms with Crippen molar-refractivity contribution in [2.45, 2.75) is 91.5 Å². The molecule has 0 aromatic rings. The van der Waals surface area contributed by atoms with E-state index in [1.807, 2.05) is 0 Å². The number of hydrogen-bond acceptors (Lipinski definition) is 4. The van der Waals surface area contributed by atoms with E-state index in [4.69, 9.17) is 4.74 Å². The molecule has 2 amide bonds. The average molecular weight is 438 g/mol. The molecule has 2 aliphatic rings. The number of hydrogen-bond donors (Lipinski definition) is 2.